The van der Waals surface area contributed by atoms with Gasteiger partial charge in [0.2, 0.25) is 0 Å². The van der Waals surface area contributed by atoms with Gasteiger partial charge in [0.1, 0.15) is 0 Å². The maximum absolute atomic E-state index is 13.7. The SMILES string of the molecule is CC1(C)COP(=O)(C(Nc2cccc3ccccc23)c2ccc([N+](=O)[O-])cc2)OC1. The van der Waals surface area contributed by atoms with E-state index in [1.165, 1.54) is 12.1 Å². The normalized spacial score (nSPS) is 18.6. The molecule has 0 bridgehead atoms. The van der Waals surface area contributed by atoms with Gasteiger partial charge >= 0.3 is 7.60 Å². The molecule has 1 aliphatic heterocycles. The van der Waals surface area contributed by atoms with Crippen LogP contribution in [0.25, 0.3) is 10.8 Å². The predicted molar refractivity (Wildman–Crippen MR) is 117 cm³/mol. The van der Waals surface area contributed by atoms with Gasteiger partial charge in [-0.3, -0.25) is 14.7 Å². The Morgan fingerprint density at radius 2 is 1.63 bits per heavy atom. The number of anilines is 1. The zero-order chi connectivity index (χ0) is 21.4. The van der Waals surface area contributed by atoms with E-state index in [1.807, 2.05) is 56.3 Å². The number of nitrogens with zero attached hydrogens (tertiary/aromatic N) is 1. The van der Waals surface area contributed by atoms with Crippen molar-refractivity contribution in [3.05, 3.63) is 82.4 Å². The van der Waals surface area contributed by atoms with E-state index in [0.29, 0.717) is 18.8 Å². The Kier molecular flexibility index (Phi) is 5.36. The van der Waals surface area contributed by atoms with E-state index in [2.05, 4.69) is 5.32 Å². The molecule has 30 heavy (non-hydrogen) atoms. The smallest absolute Gasteiger partial charge is 0.357 e. The van der Waals surface area contributed by atoms with Crippen LogP contribution in [0, 0.1) is 15.5 Å². The van der Waals surface area contributed by atoms with E-state index in [0.717, 1.165) is 16.5 Å². The van der Waals surface area contributed by atoms with Gasteiger partial charge in [-0.25, -0.2) is 0 Å². The van der Waals surface area contributed by atoms with Crippen LogP contribution in [-0.4, -0.2) is 18.1 Å². The molecule has 4 rings (SSSR count). The number of hydrogen-bond donors (Lipinski definition) is 1. The van der Waals surface area contributed by atoms with Gasteiger partial charge in [0.15, 0.2) is 5.78 Å². The summed E-state index contributed by atoms with van der Waals surface area (Å²) in [6.45, 7) is 4.56. The van der Waals surface area contributed by atoms with Crippen LogP contribution in [0.15, 0.2) is 66.7 Å². The highest BCUT2D eigenvalue weighted by molar-refractivity contribution is 7.54. The van der Waals surface area contributed by atoms with Crippen LogP contribution in [0.4, 0.5) is 11.4 Å². The molecule has 0 amide bonds. The van der Waals surface area contributed by atoms with Crippen LogP contribution in [0.2, 0.25) is 0 Å². The first-order valence-electron chi connectivity index (χ1n) is 9.65. The third-order valence-electron chi connectivity index (χ3n) is 5.09. The molecule has 8 heteroatoms. The van der Waals surface area contributed by atoms with E-state index in [9.17, 15) is 14.7 Å². The average Bonchev–Trinajstić information content (AvgIpc) is 2.74. The number of non-ortho nitro benzene ring substituents is 1. The van der Waals surface area contributed by atoms with E-state index in [-0.39, 0.29) is 11.1 Å². The lowest BCUT2D eigenvalue weighted by molar-refractivity contribution is -0.384. The second-order valence-corrected chi connectivity index (χ2v) is 10.3. The molecule has 1 aliphatic rings. The first-order valence-corrected chi connectivity index (χ1v) is 11.3. The fourth-order valence-corrected chi connectivity index (χ4v) is 5.65. The average molecular weight is 426 g/mol. The minimum atomic E-state index is -3.59. The molecular weight excluding hydrogens is 403 g/mol. The summed E-state index contributed by atoms with van der Waals surface area (Å²) in [5.41, 5.74) is 1.10. The Morgan fingerprint density at radius 3 is 2.30 bits per heavy atom. The van der Waals surface area contributed by atoms with Crippen LogP contribution in [0.1, 0.15) is 25.2 Å². The summed E-state index contributed by atoms with van der Waals surface area (Å²) >= 11 is 0. The van der Waals surface area contributed by atoms with Crippen molar-refractivity contribution in [2.24, 2.45) is 5.41 Å². The lowest BCUT2D eigenvalue weighted by atomic mass is 9.97. The number of nitro benzene ring substituents is 1. The van der Waals surface area contributed by atoms with Crippen LogP contribution >= 0.6 is 7.60 Å². The van der Waals surface area contributed by atoms with Crippen LogP contribution < -0.4 is 5.32 Å². The molecular formula is C22H23N2O5P. The highest BCUT2D eigenvalue weighted by Crippen LogP contribution is 2.64. The lowest BCUT2D eigenvalue weighted by Crippen LogP contribution is -2.31. The molecule has 0 spiro atoms. The highest BCUT2D eigenvalue weighted by Gasteiger charge is 2.44. The first kappa shape index (κ1) is 20.5. The Morgan fingerprint density at radius 1 is 1.00 bits per heavy atom. The van der Waals surface area contributed by atoms with Crippen molar-refractivity contribution in [1.82, 2.24) is 0 Å². The summed E-state index contributed by atoms with van der Waals surface area (Å²) in [6.07, 6.45) is 0. The van der Waals surface area contributed by atoms with Crippen LogP contribution in [0.5, 0.6) is 0 Å². The summed E-state index contributed by atoms with van der Waals surface area (Å²) < 4.78 is 25.3. The van der Waals surface area contributed by atoms with Gasteiger partial charge in [-0.05, 0) is 29.1 Å². The first-order chi connectivity index (χ1) is 14.3. The van der Waals surface area contributed by atoms with Crippen LogP contribution in [-0.2, 0) is 13.6 Å². The third kappa shape index (κ3) is 4.10. The van der Waals surface area contributed by atoms with Crippen molar-refractivity contribution in [2.75, 3.05) is 18.5 Å². The van der Waals surface area contributed by atoms with Crippen molar-refractivity contribution in [1.29, 1.82) is 0 Å². The largest absolute Gasteiger partial charge is 0.367 e. The van der Waals surface area contributed by atoms with Gasteiger partial charge in [0.05, 0.1) is 18.1 Å². The fourth-order valence-electron chi connectivity index (χ4n) is 3.38. The molecule has 1 N–H and O–H groups in total. The molecule has 1 unspecified atom stereocenters. The number of nitrogens with one attached hydrogen (secondary N) is 1. The molecule has 0 radical (unpaired) electrons. The molecule has 0 saturated carbocycles. The monoisotopic (exact) mass is 426 g/mol. The Labute approximate surface area is 174 Å². The van der Waals surface area contributed by atoms with Crippen LogP contribution in [0.3, 0.4) is 0 Å². The maximum atomic E-state index is 13.7. The van der Waals surface area contributed by atoms with Gasteiger partial charge in [0, 0.05) is 28.6 Å². The molecule has 3 aromatic carbocycles. The molecule has 1 fully saturated rings. The van der Waals surface area contributed by atoms with E-state index in [1.54, 1.807) is 12.1 Å². The summed E-state index contributed by atoms with van der Waals surface area (Å²) in [4.78, 5) is 10.6. The van der Waals surface area contributed by atoms with Gasteiger partial charge in [-0.2, -0.15) is 0 Å². The number of benzene rings is 3. The quantitative estimate of drug-likeness (QED) is 0.300. The van der Waals surface area contributed by atoms with Crippen molar-refractivity contribution >= 4 is 29.7 Å². The molecule has 1 atom stereocenters. The number of hydrogen-bond acceptors (Lipinski definition) is 6. The predicted octanol–water partition coefficient (Wildman–Crippen LogP) is 6.12. The number of rotatable bonds is 5. The van der Waals surface area contributed by atoms with Crippen molar-refractivity contribution < 1.29 is 18.5 Å². The summed E-state index contributed by atoms with van der Waals surface area (Å²) in [5, 5.41) is 16.4. The number of fused-ring (bicyclic) bond motifs is 1. The molecule has 3 aromatic rings. The Bertz CT molecular complexity index is 1110. The van der Waals surface area contributed by atoms with Gasteiger partial charge < -0.3 is 14.4 Å². The molecule has 1 heterocycles. The molecule has 0 aromatic heterocycles. The second-order valence-electron chi connectivity index (χ2n) is 8.17. The second kappa shape index (κ2) is 7.84. The zero-order valence-corrected chi connectivity index (χ0v) is 17.7. The van der Waals surface area contributed by atoms with E-state index >= 15 is 0 Å². The molecule has 156 valence electrons. The summed E-state index contributed by atoms with van der Waals surface area (Å²) in [7, 11) is -3.59. The minimum Gasteiger partial charge on any atom is -0.367 e. The molecule has 1 saturated heterocycles. The fraction of sp³-hybridized carbons (Fsp3) is 0.273. The highest BCUT2D eigenvalue weighted by atomic mass is 31.2. The van der Waals surface area contributed by atoms with Crippen molar-refractivity contribution in [3.8, 4) is 0 Å². The van der Waals surface area contributed by atoms with Gasteiger partial charge in [-0.15, -0.1) is 0 Å². The third-order valence-corrected chi connectivity index (χ3v) is 7.13. The van der Waals surface area contributed by atoms with Gasteiger partial charge in [-0.1, -0.05) is 50.2 Å². The van der Waals surface area contributed by atoms with E-state index < -0.39 is 18.3 Å². The Balaban J connectivity index is 1.75. The Hall–Kier alpha value is -2.73. The van der Waals surface area contributed by atoms with Crippen molar-refractivity contribution in [2.45, 2.75) is 19.6 Å². The lowest BCUT2D eigenvalue weighted by Gasteiger charge is -2.38. The van der Waals surface area contributed by atoms with Crippen molar-refractivity contribution in [3.63, 3.8) is 0 Å². The van der Waals surface area contributed by atoms with Gasteiger partial charge in [0.25, 0.3) is 5.69 Å². The topological polar surface area (TPSA) is 90.7 Å². The molecule has 0 aliphatic carbocycles. The van der Waals surface area contributed by atoms with E-state index in [4.69, 9.17) is 9.05 Å². The number of nitro groups is 1. The summed E-state index contributed by atoms with van der Waals surface area (Å²) in [5.74, 6) is -0.805. The zero-order valence-electron chi connectivity index (χ0n) is 16.8. The maximum Gasteiger partial charge on any atom is 0.357 e. The standard InChI is InChI=1S/C22H23N2O5P/c1-22(2)14-28-30(27,29-15-22)21(17-10-12-18(13-11-17)24(25)26)23-20-9-5-7-16-6-3-4-8-19(16)20/h3-13,21,23H,14-15H2,1-2H3. The minimum absolute atomic E-state index is 0.0347. The molecule has 7 nitrogen and oxygen atoms in total. The summed E-state index contributed by atoms with van der Waals surface area (Å²) in [6, 6.07) is 19.7.